The van der Waals surface area contributed by atoms with E-state index in [-0.39, 0.29) is 18.9 Å². The van der Waals surface area contributed by atoms with Gasteiger partial charge in [-0.1, -0.05) is 0 Å². The number of aliphatic imine (C=N–C) groups is 1. The van der Waals surface area contributed by atoms with Crippen LogP contribution in [0.4, 0.5) is 0 Å². The molecule has 0 bridgehead atoms. The minimum Gasteiger partial charge on any atom is -0.480 e. The molecule has 0 aromatic carbocycles. The molecule has 0 unspecified atom stereocenters. The normalized spacial score (nSPS) is 19.6. The lowest BCUT2D eigenvalue weighted by atomic mass is 10.1. The fourth-order valence-corrected chi connectivity index (χ4v) is 3.12. The number of carboxylic acids is 1. The van der Waals surface area contributed by atoms with Crippen molar-refractivity contribution < 1.29 is 29.4 Å². The molecule has 10 N–H and O–H groups in total. The fraction of sp³-hybridized carbons (Fsp3) is 0.722. The van der Waals surface area contributed by atoms with Crippen LogP contribution >= 0.6 is 0 Å². The average molecular weight is 444 g/mol. The largest absolute Gasteiger partial charge is 0.480 e. The SMILES string of the molecule is C[C@H](NC(=O)[C@@H](CCCN=C(N)N)NC(=O)[C@H]1CCCN1C(=O)[C@H](N)[C@H](C)O)C(=O)O. The number of carbonyl (C=O) groups is 4. The lowest BCUT2D eigenvalue weighted by Gasteiger charge is -2.29. The van der Waals surface area contributed by atoms with Crippen LogP contribution in [-0.2, 0) is 19.2 Å². The number of aliphatic carboxylic acids is 1. The second kappa shape index (κ2) is 12.1. The predicted octanol–water partition coefficient (Wildman–Crippen LogP) is -3.19. The highest BCUT2D eigenvalue weighted by Gasteiger charge is 2.38. The molecular weight excluding hydrogens is 410 g/mol. The van der Waals surface area contributed by atoms with Gasteiger partial charge >= 0.3 is 5.97 Å². The van der Waals surface area contributed by atoms with Crippen molar-refractivity contribution in [1.29, 1.82) is 0 Å². The summed E-state index contributed by atoms with van der Waals surface area (Å²) in [5, 5.41) is 23.5. The Morgan fingerprint density at radius 3 is 2.39 bits per heavy atom. The second-order valence-electron chi connectivity index (χ2n) is 7.53. The number of rotatable bonds is 11. The monoisotopic (exact) mass is 443 g/mol. The third-order valence-electron chi connectivity index (χ3n) is 4.95. The summed E-state index contributed by atoms with van der Waals surface area (Å²) in [7, 11) is 0. The van der Waals surface area contributed by atoms with Gasteiger partial charge < -0.3 is 42.9 Å². The van der Waals surface area contributed by atoms with Gasteiger partial charge in [0.05, 0.1) is 6.10 Å². The molecule has 3 amide bonds. The Labute approximate surface area is 180 Å². The Balaban J connectivity index is 2.88. The van der Waals surface area contributed by atoms with Crippen molar-refractivity contribution in [2.45, 2.75) is 69.8 Å². The molecule has 1 aliphatic heterocycles. The zero-order valence-electron chi connectivity index (χ0n) is 17.8. The summed E-state index contributed by atoms with van der Waals surface area (Å²) in [6.07, 6.45) is 0.349. The number of likely N-dealkylation sites (tertiary alicyclic amines) is 1. The van der Waals surface area contributed by atoms with Gasteiger partial charge in [-0.3, -0.25) is 24.2 Å². The van der Waals surface area contributed by atoms with Crippen molar-refractivity contribution in [1.82, 2.24) is 15.5 Å². The number of nitrogens with two attached hydrogens (primary N) is 3. The fourth-order valence-electron chi connectivity index (χ4n) is 3.12. The topological polar surface area (TPSA) is 226 Å². The molecule has 0 saturated carbocycles. The van der Waals surface area contributed by atoms with Crippen LogP contribution in [0, 0.1) is 0 Å². The first-order valence-electron chi connectivity index (χ1n) is 10.1. The van der Waals surface area contributed by atoms with Crippen molar-refractivity contribution in [2.24, 2.45) is 22.2 Å². The Kier molecular flexibility index (Phi) is 10.1. The Hall–Kier alpha value is -2.93. The summed E-state index contributed by atoms with van der Waals surface area (Å²) in [5.74, 6) is -3.13. The lowest BCUT2D eigenvalue weighted by Crippen LogP contribution is -2.57. The first-order chi connectivity index (χ1) is 14.5. The molecule has 0 spiro atoms. The van der Waals surface area contributed by atoms with Crippen LogP contribution in [0.2, 0.25) is 0 Å². The van der Waals surface area contributed by atoms with Crippen molar-refractivity contribution in [3.63, 3.8) is 0 Å². The van der Waals surface area contributed by atoms with E-state index < -0.39 is 54.0 Å². The maximum absolute atomic E-state index is 12.9. The summed E-state index contributed by atoms with van der Waals surface area (Å²) >= 11 is 0. The Bertz CT molecular complexity index is 695. The van der Waals surface area contributed by atoms with Crippen LogP contribution in [0.1, 0.15) is 39.5 Å². The highest BCUT2D eigenvalue weighted by Crippen LogP contribution is 2.19. The van der Waals surface area contributed by atoms with Gasteiger partial charge in [-0.05, 0) is 39.5 Å². The molecule has 1 aliphatic rings. The third kappa shape index (κ3) is 8.02. The number of hydrogen-bond acceptors (Lipinski definition) is 7. The molecule has 1 saturated heterocycles. The van der Waals surface area contributed by atoms with Gasteiger partial charge in [0.25, 0.3) is 0 Å². The van der Waals surface area contributed by atoms with Gasteiger partial charge in [0.2, 0.25) is 17.7 Å². The molecular formula is C18H33N7O6. The zero-order valence-corrected chi connectivity index (χ0v) is 17.8. The maximum Gasteiger partial charge on any atom is 0.325 e. The van der Waals surface area contributed by atoms with Crippen molar-refractivity contribution >= 4 is 29.7 Å². The van der Waals surface area contributed by atoms with E-state index in [2.05, 4.69) is 15.6 Å². The van der Waals surface area contributed by atoms with Crippen molar-refractivity contribution in [3.05, 3.63) is 0 Å². The van der Waals surface area contributed by atoms with Crippen LogP contribution in [0.15, 0.2) is 4.99 Å². The minimum absolute atomic E-state index is 0.112. The van der Waals surface area contributed by atoms with E-state index >= 15 is 0 Å². The maximum atomic E-state index is 12.9. The molecule has 176 valence electrons. The van der Waals surface area contributed by atoms with Crippen LogP contribution in [0.25, 0.3) is 0 Å². The van der Waals surface area contributed by atoms with Crippen molar-refractivity contribution in [2.75, 3.05) is 13.1 Å². The van der Waals surface area contributed by atoms with Gasteiger partial charge in [-0.25, -0.2) is 0 Å². The van der Waals surface area contributed by atoms with E-state index in [0.717, 1.165) is 0 Å². The van der Waals surface area contributed by atoms with Gasteiger partial charge in [-0.2, -0.15) is 0 Å². The molecule has 0 aromatic rings. The van der Waals surface area contributed by atoms with E-state index in [1.165, 1.54) is 18.7 Å². The molecule has 13 heteroatoms. The van der Waals surface area contributed by atoms with Crippen LogP contribution < -0.4 is 27.8 Å². The third-order valence-corrected chi connectivity index (χ3v) is 4.95. The summed E-state index contributed by atoms with van der Waals surface area (Å²) < 4.78 is 0. The van der Waals surface area contributed by atoms with Gasteiger partial charge in [0.1, 0.15) is 24.2 Å². The number of carboxylic acid groups (broad SMARTS) is 1. The van der Waals surface area contributed by atoms with E-state index in [1.807, 2.05) is 0 Å². The molecule has 0 aromatic heterocycles. The Morgan fingerprint density at radius 2 is 1.84 bits per heavy atom. The number of hydrogen-bond donors (Lipinski definition) is 7. The lowest BCUT2D eigenvalue weighted by molar-refractivity contribution is -0.143. The van der Waals surface area contributed by atoms with Gasteiger partial charge in [0, 0.05) is 13.1 Å². The summed E-state index contributed by atoms with van der Waals surface area (Å²) in [6, 6.07) is -4.21. The molecule has 31 heavy (non-hydrogen) atoms. The number of aliphatic hydroxyl groups is 1. The summed E-state index contributed by atoms with van der Waals surface area (Å²) in [5.41, 5.74) is 16.3. The minimum atomic E-state index is -1.22. The predicted molar refractivity (Wildman–Crippen MR) is 111 cm³/mol. The second-order valence-corrected chi connectivity index (χ2v) is 7.53. The van der Waals surface area contributed by atoms with E-state index in [9.17, 15) is 24.3 Å². The highest BCUT2D eigenvalue weighted by atomic mass is 16.4. The quantitative estimate of drug-likeness (QED) is 0.0968. The number of amides is 3. The van der Waals surface area contributed by atoms with Gasteiger partial charge in [0.15, 0.2) is 5.96 Å². The molecule has 5 atom stereocenters. The molecule has 1 rings (SSSR count). The smallest absolute Gasteiger partial charge is 0.325 e. The van der Waals surface area contributed by atoms with Crippen LogP contribution in [0.3, 0.4) is 0 Å². The molecule has 1 heterocycles. The Morgan fingerprint density at radius 1 is 1.19 bits per heavy atom. The standard InChI is InChI=1S/C18H33N7O6/c1-9(17(30)31)23-14(27)11(5-3-7-22-18(20)21)24-15(28)12-6-4-8-25(12)16(29)13(19)10(2)26/h9-13,26H,3-8,19H2,1-2H3,(H,23,27)(H,24,28)(H,30,31)(H4,20,21,22)/t9-,10-,11+,12+,13+/m0/s1. The molecule has 0 aliphatic carbocycles. The highest BCUT2D eigenvalue weighted by molar-refractivity contribution is 5.94. The first kappa shape index (κ1) is 26.1. The van der Waals surface area contributed by atoms with E-state index in [0.29, 0.717) is 25.8 Å². The molecule has 13 nitrogen and oxygen atoms in total. The number of guanidine groups is 1. The average Bonchev–Trinajstić information content (AvgIpc) is 3.18. The first-order valence-corrected chi connectivity index (χ1v) is 10.1. The number of nitrogens with one attached hydrogen (secondary N) is 2. The zero-order chi connectivity index (χ0) is 23.7. The van der Waals surface area contributed by atoms with Crippen LogP contribution in [-0.4, -0.2) is 88.1 Å². The number of aliphatic hydroxyl groups excluding tert-OH is 1. The van der Waals surface area contributed by atoms with E-state index in [1.54, 1.807) is 0 Å². The van der Waals surface area contributed by atoms with Gasteiger partial charge in [-0.15, -0.1) is 0 Å². The molecule has 1 fully saturated rings. The molecule has 0 radical (unpaired) electrons. The van der Waals surface area contributed by atoms with E-state index in [4.69, 9.17) is 22.3 Å². The van der Waals surface area contributed by atoms with Crippen LogP contribution in [0.5, 0.6) is 0 Å². The number of nitrogens with zero attached hydrogens (tertiary/aromatic N) is 2. The van der Waals surface area contributed by atoms with Crippen molar-refractivity contribution in [3.8, 4) is 0 Å². The summed E-state index contributed by atoms with van der Waals surface area (Å²) in [4.78, 5) is 54.0. The number of carbonyl (C=O) groups excluding carboxylic acids is 3. The summed E-state index contributed by atoms with van der Waals surface area (Å²) in [6.45, 7) is 3.20.